The van der Waals surface area contributed by atoms with E-state index in [1.165, 1.54) is 17.7 Å². The molecule has 0 spiro atoms. The molecule has 2 atom stereocenters. The van der Waals surface area contributed by atoms with Gasteiger partial charge in [-0.3, -0.25) is 13.9 Å². The molecule has 2 rings (SSSR count). The summed E-state index contributed by atoms with van der Waals surface area (Å²) in [7, 11) is -4.25. The smallest absolute Gasteiger partial charge is 0.351 e. The van der Waals surface area contributed by atoms with E-state index in [0.29, 0.717) is 16.6 Å². The zero-order valence-electron chi connectivity index (χ0n) is 11.8. The molecular weight excluding hydrogens is 315 g/mol. The molecule has 0 aromatic carbocycles. The predicted molar refractivity (Wildman–Crippen MR) is 76.5 cm³/mol. The van der Waals surface area contributed by atoms with Crippen LogP contribution in [0.3, 0.4) is 0 Å². The molecule has 1 aromatic heterocycles. The number of aliphatic hydroxyl groups is 1. The first-order valence-corrected chi connectivity index (χ1v) is 8.30. The SMILES string of the molecule is Cc1cn([C@H]2C=C[C@@H](OCP(=O)(O)O)C2)c(=O)n(CO)c1=O. The van der Waals surface area contributed by atoms with Crippen LogP contribution in [0.2, 0.25) is 0 Å². The molecule has 0 saturated carbocycles. The second-order valence-electron chi connectivity index (χ2n) is 5.06. The Morgan fingerprint density at radius 3 is 2.64 bits per heavy atom. The summed E-state index contributed by atoms with van der Waals surface area (Å²) >= 11 is 0. The maximum Gasteiger partial charge on any atom is 0.351 e. The summed E-state index contributed by atoms with van der Waals surface area (Å²) in [6.45, 7) is 0.818. The number of hydrogen-bond acceptors (Lipinski definition) is 5. The highest BCUT2D eigenvalue weighted by molar-refractivity contribution is 7.51. The Hall–Kier alpha value is -1.51. The molecule has 1 aliphatic carbocycles. The average Bonchev–Trinajstić information content (AvgIpc) is 2.89. The van der Waals surface area contributed by atoms with Crippen LogP contribution in [0.25, 0.3) is 0 Å². The quantitative estimate of drug-likeness (QED) is 0.479. The highest BCUT2D eigenvalue weighted by Gasteiger charge is 2.25. The summed E-state index contributed by atoms with van der Waals surface area (Å²) in [5.41, 5.74) is -0.898. The molecule has 10 heteroatoms. The van der Waals surface area contributed by atoms with E-state index in [1.54, 1.807) is 12.2 Å². The lowest BCUT2D eigenvalue weighted by Crippen LogP contribution is -2.41. The maximum atomic E-state index is 12.2. The highest BCUT2D eigenvalue weighted by Crippen LogP contribution is 2.36. The van der Waals surface area contributed by atoms with E-state index in [9.17, 15) is 14.2 Å². The average molecular weight is 332 g/mol. The van der Waals surface area contributed by atoms with Gasteiger partial charge in [-0.25, -0.2) is 9.36 Å². The van der Waals surface area contributed by atoms with Crippen molar-refractivity contribution >= 4 is 7.60 Å². The molecule has 122 valence electrons. The summed E-state index contributed by atoms with van der Waals surface area (Å²) in [6, 6.07) is -0.411. The van der Waals surface area contributed by atoms with Crippen molar-refractivity contribution in [2.75, 3.05) is 6.35 Å². The fourth-order valence-corrected chi connectivity index (χ4v) is 2.68. The Balaban J connectivity index is 2.20. The molecule has 0 fully saturated rings. The topological polar surface area (TPSA) is 131 Å². The van der Waals surface area contributed by atoms with E-state index in [4.69, 9.17) is 19.6 Å². The van der Waals surface area contributed by atoms with Crippen molar-refractivity contribution in [1.29, 1.82) is 0 Å². The Labute approximate surface area is 125 Å². The molecule has 1 heterocycles. The molecular formula is C12H17N2O7P. The van der Waals surface area contributed by atoms with Crippen molar-refractivity contribution in [3.05, 3.63) is 44.8 Å². The van der Waals surface area contributed by atoms with E-state index < -0.39 is 44.1 Å². The van der Waals surface area contributed by atoms with E-state index in [2.05, 4.69) is 0 Å². The number of aryl methyl sites for hydroxylation is 1. The maximum absolute atomic E-state index is 12.2. The van der Waals surface area contributed by atoms with Gasteiger partial charge < -0.3 is 19.6 Å². The Morgan fingerprint density at radius 2 is 2.05 bits per heavy atom. The monoisotopic (exact) mass is 332 g/mol. The lowest BCUT2D eigenvalue weighted by atomic mass is 10.2. The first-order valence-electron chi connectivity index (χ1n) is 6.51. The first-order chi connectivity index (χ1) is 10.2. The number of nitrogens with zero attached hydrogens (tertiary/aromatic N) is 2. The summed E-state index contributed by atoms with van der Waals surface area (Å²) < 4.78 is 17.9. The van der Waals surface area contributed by atoms with E-state index >= 15 is 0 Å². The van der Waals surface area contributed by atoms with Crippen molar-refractivity contribution in [3.8, 4) is 0 Å². The van der Waals surface area contributed by atoms with Gasteiger partial charge in [-0.1, -0.05) is 12.2 Å². The van der Waals surface area contributed by atoms with Crippen molar-refractivity contribution in [2.45, 2.75) is 32.2 Å². The molecule has 0 aliphatic heterocycles. The van der Waals surface area contributed by atoms with Crippen LogP contribution in [0.1, 0.15) is 18.0 Å². The number of allylic oxidation sites excluding steroid dienone is 1. The third kappa shape index (κ3) is 3.63. The van der Waals surface area contributed by atoms with Crippen molar-refractivity contribution in [3.63, 3.8) is 0 Å². The molecule has 1 aliphatic rings. The molecule has 3 N–H and O–H groups in total. The third-order valence-electron chi connectivity index (χ3n) is 3.34. The zero-order chi connectivity index (χ0) is 16.5. The van der Waals surface area contributed by atoms with Crippen molar-refractivity contribution in [2.24, 2.45) is 0 Å². The highest BCUT2D eigenvalue weighted by atomic mass is 31.2. The summed E-state index contributed by atoms with van der Waals surface area (Å²) in [5, 5.41) is 9.14. The minimum atomic E-state index is -4.25. The molecule has 0 radical (unpaired) electrons. The lowest BCUT2D eigenvalue weighted by molar-refractivity contribution is 0.101. The van der Waals surface area contributed by atoms with Gasteiger partial charge in [-0.05, 0) is 6.92 Å². The zero-order valence-corrected chi connectivity index (χ0v) is 12.7. The Kier molecular flexibility index (Phi) is 4.84. The number of ether oxygens (including phenoxy) is 1. The number of hydrogen-bond donors (Lipinski definition) is 3. The second kappa shape index (κ2) is 6.31. The van der Waals surface area contributed by atoms with Gasteiger partial charge in [0.25, 0.3) is 5.56 Å². The van der Waals surface area contributed by atoms with Crippen LogP contribution in [-0.4, -0.2) is 36.5 Å². The van der Waals surface area contributed by atoms with Gasteiger partial charge in [0.15, 0.2) is 0 Å². The fraction of sp³-hybridized carbons (Fsp3) is 0.500. The Morgan fingerprint density at radius 1 is 1.36 bits per heavy atom. The summed E-state index contributed by atoms with van der Waals surface area (Å²) in [4.78, 5) is 41.4. The van der Waals surface area contributed by atoms with Gasteiger partial charge in [-0.2, -0.15) is 0 Å². The molecule has 0 amide bonds. The third-order valence-corrected chi connectivity index (χ3v) is 3.83. The molecule has 1 aromatic rings. The van der Waals surface area contributed by atoms with Crippen LogP contribution >= 0.6 is 7.60 Å². The van der Waals surface area contributed by atoms with Crippen LogP contribution in [0.5, 0.6) is 0 Å². The van der Waals surface area contributed by atoms with Crippen LogP contribution < -0.4 is 11.2 Å². The standard InChI is InChI=1S/C12H17N2O7P/c1-8-5-13(12(17)14(6-15)11(8)16)9-2-3-10(4-9)21-7-22(18,19)20/h2-3,5,9-10,15H,4,6-7H2,1H3,(H2,18,19,20)/t9-,10+/m0/s1. The first kappa shape index (κ1) is 16.9. The number of aromatic nitrogens is 2. The number of rotatable bonds is 5. The van der Waals surface area contributed by atoms with E-state index in [-0.39, 0.29) is 0 Å². The van der Waals surface area contributed by atoms with Gasteiger partial charge in [-0.15, -0.1) is 0 Å². The summed E-state index contributed by atoms with van der Waals surface area (Å²) in [5.74, 6) is 0. The van der Waals surface area contributed by atoms with E-state index in [0.717, 1.165) is 0 Å². The fourth-order valence-electron chi connectivity index (χ4n) is 2.29. The Bertz CT molecular complexity index is 745. The van der Waals surface area contributed by atoms with Crippen molar-refractivity contribution < 1.29 is 24.2 Å². The number of aliphatic hydroxyl groups excluding tert-OH is 1. The van der Waals surface area contributed by atoms with E-state index in [1.807, 2.05) is 0 Å². The van der Waals surface area contributed by atoms with Crippen molar-refractivity contribution in [1.82, 2.24) is 9.13 Å². The van der Waals surface area contributed by atoms with Gasteiger partial charge in [0.05, 0.1) is 12.1 Å². The normalized spacial score (nSPS) is 21.5. The predicted octanol–water partition coefficient (Wildman–Crippen LogP) is -0.710. The molecule has 0 bridgehead atoms. The van der Waals surface area contributed by atoms with Gasteiger partial charge in [0.2, 0.25) is 0 Å². The second-order valence-corrected chi connectivity index (χ2v) is 6.65. The van der Waals surface area contributed by atoms with Gasteiger partial charge in [0.1, 0.15) is 13.1 Å². The molecule has 0 saturated heterocycles. The van der Waals surface area contributed by atoms with Crippen LogP contribution in [0.4, 0.5) is 0 Å². The van der Waals surface area contributed by atoms with Crippen LogP contribution in [-0.2, 0) is 16.0 Å². The van der Waals surface area contributed by atoms with Gasteiger partial charge in [0, 0.05) is 18.2 Å². The molecule has 0 unspecified atom stereocenters. The molecule has 22 heavy (non-hydrogen) atoms. The summed E-state index contributed by atoms with van der Waals surface area (Å²) in [6.07, 6.45) is 3.76. The lowest BCUT2D eigenvalue weighted by Gasteiger charge is -2.17. The minimum absolute atomic E-state index is 0.307. The van der Waals surface area contributed by atoms with Crippen LogP contribution in [0, 0.1) is 6.92 Å². The van der Waals surface area contributed by atoms with Crippen LogP contribution in [0.15, 0.2) is 27.9 Å². The molecule has 9 nitrogen and oxygen atoms in total. The minimum Gasteiger partial charge on any atom is -0.376 e. The van der Waals surface area contributed by atoms with Gasteiger partial charge >= 0.3 is 13.3 Å². The largest absolute Gasteiger partial charge is 0.376 e.